The fraction of sp³-hybridized carbons (Fsp3) is 0.125. The van der Waals surface area contributed by atoms with Crippen LogP contribution in [0.4, 0.5) is 48.3 Å². The van der Waals surface area contributed by atoms with Gasteiger partial charge >= 0.3 is 12.2 Å². The van der Waals surface area contributed by atoms with E-state index in [9.17, 15) is 35.9 Å². The first-order chi connectivity index (χ1) is 17.4. The molecule has 0 saturated heterocycles. The van der Waals surface area contributed by atoms with Gasteiger partial charge in [-0.1, -0.05) is 0 Å². The lowest BCUT2D eigenvalue weighted by molar-refractivity contribution is -0.140. The third kappa shape index (κ3) is 5.66. The van der Waals surface area contributed by atoms with Crippen molar-refractivity contribution in [3.8, 4) is 11.1 Å². The number of amides is 2. The van der Waals surface area contributed by atoms with E-state index in [-0.39, 0.29) is 22.4 Å². The molecule has 0 atom stereocenters. The van der Waals surface area contributed by atoms with Gasteiger partial charge in [0.2, 0.25) is 0 Å². The highest BCUT2D eigenvalue weighted by molar-refractivity contribution is 6.00. The van der Waals surface area contributed by atoms with Gasteiger partial charge in [-0.15, -0.1) is 0 Å². The van der Waals surface area contributed by atoms with Crippen LogP contribution in [0.2, 0.25) is 0 Å². The molecule has 0 radical (unpaired) electrons. The molecule has 4 rings (SSSR count). The molecule has 192 valence electrons. The number of hydrogen-bond acceptors (Lipinski definition) is 4. The SMILES string of the molecule is CNc1cc2c(cn1)cc(-c1cc(NC(=O)Nc3ccc(F)cc3)c(F)cc1F)c(=O)n2CC(F)(F)F. The average Bonchev–Trinajstić information content (AvgIpc) is 2.83. The van der Waals surface area contributed by atoms with E-state index in [0.717, 1.165) is 24.3 Å². The smallest absolute Gasteiger partial charge is 0.373 e. The van der Waals surface area contributed by atoms with Crippen LogP contribution in [0.3, 0.4) is 0 Å². The number of aromatic nitrogens is 2. The lowest BCUT2D eigenvalue weighted by atomic mass is 10.0. The van der Waals surface area contributed by atoms with E-state index < -0.39 is 58.6 Å². The fourth-order valence-corrected chi connectivity index (χ4v) is 3.61. The second kappa shape index (κ2) is 9.84. The van der Waals surface area contributed by atoms with Crippen molar-refractivity contribution < 1.29 is 31.1 Å². The van der Waals surface area contributed by atoms with Gasteiger partial charge in [-0.3, -0.25) is 9.36 Å². The molecule has 2 aromatic heterocycles. The third-order valence-corrected chi connectivity index (χ3v) is 5.27. The normalized spacial score (nSPS) is 11.4. The summed E-state index contributed by atoms with van der Waals surface area (Å²) in [5.41, 5.74) is -2.73. The van der Waals surface area contributed by atoms with Gasteiger partial charge in [0.05, 0.1) is 16.8 Å². The molecule has 0 bridgehead atoms. The number of hydrogen-bond donors (Lipinski definition) is 3. The van der Waals surface area contributed by atoms with Crippen LogP contribution in [0.15, 0.2) is 59.5 Å². The average molecular weight is 521 g/mol. The monoisotopic (exact) mass is 521 g/mol. The van der Waals surface area contributed by atoms with Gasteiger partial charge in [-0.05, 0) is 36.4 Å². The number of anilines is 3. The van der Waals surface area contributed by atoms with Crippen LogP contribution in [0, 0.1) is 17.5 Å². The Morgan fingerprint density at radius 1 is 0.946 bits per heavy atom. The maximum absolute atomic E-state index is 14.8. The number of fused-ring (bicyclic) bond motifs is 1. The first-order valence-corrected chi connectivity index (χ1v) is 10.6. The van der Waals surface area contributed by atoms with Gasteiger partial charge in [0.15, 0.2) is 0 Å². The molecule has 2 amide bonds. The van der Waals surface area contributed by atoms with Crippen molar-refractivity contribution in [1.82, 2.24) is 9.55 Å². The minimum absolute atomic E-state index is 0.0881. The number of carbonyl (C=O) groups is 1. The Balaban J connectivity index is 1.79. The highest BCUT2D eigenvalue weighted by Gasteiger charge is 2.30. The van der Waals surface area contributed by atoms with Crippen molar-refractivity contribution in [1.29, 1.82) is 0 Å². The second-order valence-corrected chi connectivity index (χ2v) is 7.84. The zero-order valence-corrected chi connectivity index (χ0v) is 18.9. The van der Waals surface area contributed by atoms with Crippen LogP contribution in [0.5, 0.6) is 0 Å². The summed E-state index contributed by atoms with van der Waals surface area (Å²) in [6.45, 7) is -1.67. The Kier molecular flexibility index (Phi) is 6.79. The Labute approximate surface area is 204 Å². The Hall–Kier alpha value is -4.55. The maximum atomic E-state index is 14.8. The number of pyridine rings is 2. The van der Waals surface area contributed by atoms with Gasteiger partial charge < -0.3 is 16.0 Å². The molecule has 3 N–H and O–H groups in total. The summed E-state index contributed by atoms with van der Waals surface area (Å²) in [6, 6.07) is 7.22. The van der Waals surface area contributed by atoms with Crippen LogP contribution in [0.25, 0.3) is 22.0 Å². The molecule has 0 fully saturated rings. The van der Waals surface area contributed by atoms with E-state index >= 15 is 0 Å². The number of benzene rings is 2. The number of nitrogens with one attached hydrogen (secondary N) is 3. The van der Waals surface area contributed by atoms with E-state index in [2.05, 4.69) is 20.9 Å². The first kappa shape index (κ1) is 25.5. The van der Waals surface area contributed by atoms with Crippen LogP contribution in [0.1, 0.15) is 0 Å². The van der Waals surface area contributed by atoms with Gasteiger partial charge in [0, 0.05) is 42.0 Å². The first-order valence-electron chi connectivity index (χ1n) is 10.6. The predicted octanol–water partition coefficient (Wildman–Crippen LogP) is 5.73. The second-order valence-electron chi connectivity index (χ2n) is 7.84. The van der Waals surface area contributed by atoms with Crippen molar-refractivity contribution in [3.63, 3.8) is 0 Å². The highest BCUT2D eigenvalue weighted by atomic mass is 19.4. The minimum Gasteiger partial charge on any atom is -0.373 e. The molecular weight excluding hydrogens is 504 g/mol. The standard InChI is InChI=1S/C24H17F6N5O2/c1-31-21-9-20-12(10-32-21)6-16(22(36)35(20)11-24(28,29)30)15-7-19(18(27)8-17(15)26)34-23(37)33-14-4-2-13(25)3-5-14/h2-10H,11H2,1H3,(H,31,32)(H2,33,34,37). The zero-order valence-electron chi connectivity index (χ0n) is 18.9. The molecule has 4 aromatic rings. The number of halogens is 6. The Morgan fingerprint density at radius 3 is 2.30 bits per heavy atom. The van der Waals surface area contributed by atoms with Crippen LogP contribution < -0.4 is 21.5 Å². The van der Waals surface area contributed by atoms with Crippen LogP contribution >= 0.6 is 0 Å². The van der Waals surface area contributed by atoms with E-state index in [4.69, 9.17) is 0 Å². The molecule has 37 heavy (non-hydrogen) atoms. The lowest BCUT2D eigenvalue weighted by Crippen LogP contribution is -2.29. The summed E-state index contributed by atoms with van der Waals surface area (Å²) in [4.78, 5) is 29.4. The fourth-order valence-electron chi connectivity index (χ4n) is 3.61. The molecule has 0 aliphatic rings. The van der Waals surface area contributed by atoms with E-state index in [0.29, 0.717) is 10.6 Å². The van der Waals surface area contributed by atoms with Crippen LogP contribution in [-0.2, 0) is 6.54 Å². The molecule has 7 nitrogen and oxygen atoms in total. The number of carbonyl (C=O) groups excluding carboxylic acids is 1. The van der Waals surface area contributed by atoms with Gasteiger partial charge in [-0.25, -0.2) is 22.9 Å². The topological polar surface area (TPSA) is 88.1 Å². The van der Waals surface area contributed by atoms with Crippen molar-refractivity contribution in [2.24, 2.45) is 0 Å². The van der Waals surface area contributed by atoms with Crippen molar-refractivity contribution >= 4 is 34.1 Å². The van der Waals surface area contributed by atoms with E-state index in [1.165, 1.54) is 31.4 Å². The largest absolute Gasteiger partial charge is 0.406 e. The number of urea groups is 1. The highest BCUT2D eigenvalue weighted by Crippen LogP contribution is 2.30. The molecule has 0 unspecified atom stereocenters. The zero-order chi connectivity index (χ0) is 26.9. The van der Waals surface area contributed by atoms with Gasteiger partial charge in [0.1, 0.15) is 29.8 Å². The maximum Gasteiger partial charge on any atom is 0.406 e. The number of rotatable bonds is 5. The molecule has 0 spiro atoms. The van der Waals surface area contributed by atoms with Gasteiger partial charge in [-0.2, -0.15) is 13.2 Å². The lowest BCUT2D eigenvalue weighted by Gasteiger charge is -2.16. The summed E-state index contributed by atoms with van der Waals surface area (Å²) in [6.07, 6.45) is -3.58. The van der Waals surface area contributed by atoms with Gasteiger partial charge in [0.25, 0.3) is 5.56 Å². The van der Waals surface area contributed by atoms with E-state index in [1.54, 1.807) is 0 Å². The number of nitrogens with zero attached hydrogens (tertiary/aromatic N) is 2. The van der Waals surface area contributed by atoms with Crippen molar-refractivity contribution in [2.45, 2.75) is 12.7 Å². The summed E-state index contributed by atoms with van der Waals surface area (Å²) in [7, 11) is 1.49. The van der Waals surface area contributed by atoms with Crippen LogP contribution in [-0.4, -0.2) is 28.8 Å². The van der Waals surface area contributed by atoms with Crippen molar-refractivity contribution in [2.75, 3.05) is 23.0 Å². The number of alkyl halides is 3. The summed E-state index contributed by atoms with van der Waals surface area (Å²) >= 11 is 0. The Morgan fingerprint density at radius 2 is 1.65 bits per heavy atom. The predicted molar refractivity (Wildman–Crippen MR) is 126 cm³/mol. The molecule has 0 aliphatic heterocycles. The summed E-state index contributed by atoms with van der Waals surface area (Å²) in [5, 5.41) is 7.21. The summed E-state index contributed by atoms with van der Waals surface area (Å²) < 4.78 is 82.7. The quantitative estimate of drug-likeness (QED) is 0.293. The molecule has 0 saturated carbocycles. The molecule has 0 aliphatic carbocycles. The molecule has 2 aromatic carbocycles. The molecule has 2 heterocycles. The third-order valence-electron chi connectivity index (χ3n) is 5.27. The Bertz CT molecular complexity index is 1550. The molecular formula is C24H17F6N5O2. The summed E-state index contributed by atoms with van der Waals surface area (Å²) in [5.74, 6) is -2.80. The van der Waals surface area contributed by atoms with Crippen molar-refractivity contribution in [3.05, 3.63) is 82.5 Å². The molecule has 13 heteroatoms. The minimum atomic E-state index is -4.79. The van der Waals surface area contributed by atoms with E-state index in [1.807, 2.05) is 0 Å².